The second-order valence-corrected chi connectivity index (χ2v) is 8.52. The molecule has 0 bridgehead atoms. The van der Waals surface area contributed by atoms with Crippen LogP contribution in [-0.2, 0) is 11.3 Å². The lowest BCUT2D eigenvalue weighted by Gasteiger charge is -2.28. The highest BCUT2D eigenvalue weighted by Crippen LogP contribution is 2.32. The number of H-pyrrole nitrogens is 1. The zero-order chi connectivity index (χ0) is 21.7. The summed E-state index contributed by atoms with van der Waals surface area (Å²) >= 11 is 1.48. The summed E-state index contributed by atoms with van der Waals surface area (Å²) in [6, 6.07) is 8.21. The average molecular weight is 428 g/mol. The molecule has 0 aliphatic carbocycles. The van der Waals surface area contributed by atoms with Gasteiger partial charge in [0.25, 0.3) is 5.56 Å². The van der Waals surface area contributed by atoms with Crippen molar-refractivity contribution in [2.45, 2.75) is 39.5 Å². The van der Waals surface area contributed by atoms with Gasteiger partial charge >= 0.3 is 0 Å². The number of hydrogen-bond acceptors (Lipinski definition) is 6. The van der Waals surface area contributed by atoms with Crippen molar-refractivity contribution < 1.29 is 9.84 Å². The van der Waals surface area contributed by atoms with Crippen LogP contribution in [0.25, 0.3) is 21.3 Å². The Bertz CT molecular complexity index is 1060. The Balaban J connectivity index is 1.83. The van der Waals surface area contributed by atoms with Gasteiger partial charge in [0, 0.05) is 23.5 Å². The first-order valence-corrected chi connectivity index (χ1v) is 11.0. The molecule has 0 radical (unpaired) electrons. The molecule has 6 nitrogen and oxygen atoms in total. The molecule has 0 fully saturated rings. The molecule has 0 aliphatic heterocycles. The maximum atomic E-state index is 12.9. The zero-order valence-corrected chi connectivity index (χ0v) is 18.5. The van der Waals surface area contributed by atoms with Gasteiger partial charge in [-0.25, -0.2) is 4.98 Å². The summed E-state index contributed by atoms with van der Waals surface area (Å²) in [5, 5.41) is 12.9. The van der Waals surface area contributed by atoms with Crippen molar-refractivity contribution in [2.24, 2.45) is 0 Å². The van der Waals surface area contributed by atoms with Gasteiger partial charge in [-0.1, -0.05) is 30.3 Å². The molecule has 2 N–H and O–H groups in total. The number of rotatable bonds is 10. The van der Waals surface area contributed by atoms with Crippen LogP contribution in [0.15, 0.2) is 47.1 Å². The summed E-state index contributed by atoms with van der Waals surface area (Å²) in [7, 11) is 0. The first kappa shape index (κ1) is 22.4. The first-order valence-electron chi connectivity index (χ1n) is 10.1. The summed E-state index contributed by atoms with van der Waals surface area (Å²) in [6.07, 6.45) is 1.03. The summed E-state index contributed by atoms with van der Waals surface area (Å²) in [5.74, 6) is 0.596. The predicted molar refractivity (Wildman–Crippen MR) is 123 cm³/mol. The van der Waals surface area contributed by atoms with E-state index in [1.165, 1.54) is 11.3 Å². The number of thiophene rings is 1. The van der Waals surface area contributed by atoms with Crippen molar-refractivity contribution in [3.8, 4) is 11.1 Å². The van der Waals surface area contributed by atoms with Crippen LogP contribution in [0, 0.1) is 6.92 Å². The van der Waals surface area contributed by atoms with Gasteiger partial charge in [-0.3, -0.25) is 9.69 Å². The Morgan fingerprint density at radius 1 is 1.33 bits per heavy atom. The molecular formula is C23H29N3O3S. The standard InChI is InChI=1S/C23H29N3O3S/c1-5-10-29-13-17(27)11-26(15(2)3)12-20-24-22(28)21-19(14-30-23(21)25-20)18-9-7-6-8-16(18)4/h5-9,14-15,17,27H,1,10-13H2,2-4H3,(H,24,25,28). The largest absolute Gasteiger partial charge is 0.389 e. The number of aromatic nitrogens is 2. The van der Waals surface area contributed by atoms with Crippen LogP contribution in [0.4, 0.5) is 0 Å². The highest BCUT2D eigenvalue weighted by Gasteiger charge is 2.19. The number of nitrogens with zero attached hydrogens (tertiary/aromatic N) is 2. The predicted octanol–water partition coefficient (Wildman–Crippen LogP) is 3.73. The van der Waals surface area contributed by atoms with Crippen LogP contribution in [0.3, 0.4) is 0 Å². The third-order valence-corrected chi connectivity index (χ3v) is 5.87. The number of fused-ring (bicyclic) bond motifs is 1. The average Bonchev–Trinajstić information content (AvgIpc) is 3.12. The minimum absolute atomic E-state index is 0.131. The molecular weight excluding hydrogens is 398 g/mol. The van der Waals surface area contributed by atoms with Gasteiger partial charge < -0.3 is 14.8 Å². The third kappa shape index (κ3) is 5.23. The van der Waals surface area contributed by atoms with E-state index in [-0.39, 0.29) is 18.2 Å². The van der Waals surface area contributed by atoms with E-state index in [0.29, 0.717) is 30.9 Å². The van der Waals surface area contributed by atoms with Gasteiger partial charge in [0.2, 0.25) is 0 Å². The first-order chi connectivity index (χ1) is 14.4. The van der Waals surface area contributed by atoms with Crippen molar-refractivity contribution in [1.29, 1.82) is 0 Å². The quantitative estimate of drug-likeness (QED) is 0.381. The van der Waals surface area contributed by atoms with Crippen LogP contribution in [0.2, 0.25) is 0 Å². The van der Waals surface area contributed by atoms with Crippen molar-refractivity contribution in [2.75, 3.05) is 19.8 Å². The van der Waals surface area contributed by atoms with Gasteiger partial charge in [-0.15, -0.1) is 17.9 Å². The minimum Gasteiger partial charge on any atom is -0.389 e. The molecule has 30 heavy (non-hydrogen) atoms. The Kier molecular flexibility index (Phi) is 7.55. The fourth-order valence-electron chi connectivity index (χ4n) is 3.40. The van der Waals surface area contributed by atoms with Gasteiger partial charge in [-0.2, -0.15) is 0 Å². The van der Waals surface area contributed by atoms with Gasteiger partial charge in [-0.05, 0) is 31.9 Å². The zero-order valence-electron chi connectivity index (χ0n) is 17.7. The Morgan fingerprint density at radius 3 is 2.80 bits per heavy atom. The maximum Gasteiger partial charge on any atom is 0.260 e. The Labute approximate surface area is 180 Å². The second kappa shape index (κ2) is 10.1. The molecule has 1 atom stereocenters. The normalized spacial score (nSPS) is 12.7. The third-order valence-electron chi connectivity index (χ3n) is 5.00. The van der Waals surface area contributed by atoms with Crippen LogP contribution in [0.5, 0.6) is 0 Å². The number of aromatic amines is 1. The Morgan fingerprint density at radius 2 is 2.10 bits per heavy atom. The SMILES string of the molecule is C=CCOCC(O)CN(Cc1nc2scc(-c3ccccc3C)c2c(=O)[nH]1)C(C)C. The van der Waals surface area contributed by atoms with Crippen molar-refractivity contribution in [3.63, 3.8) is 0 Å². The van der Waals surface area contributed by atoms with Crippen LogP contribution < -0.4 is 5.56 Å². The topological polar surface area (TPSA) is 78.5 Å². The molecule has 2 heterocycles. The summed E-state index contributed by atoms with van der Waals surface area (Å²) < 4.78 is 5.34. The fraction of sp³-hybridized carbons (Fsp3) is 0.391. The lowest BCUT2D eigenvalue weighted by Crippen LogP contribution is -2.39. The van der Waals surface area contributed by atoms with E-state index in [2.05, 4.69) is 30.3 Å². The maximum absolute atomic E-state index is 12.9. The molecule has 2 aromatic heterocycles. The number of aryl methyl sites for hydroxylation is 1. The Hall–Kier alpha value is -2.32. The molecule has 0 aliphatic rings. The highest BCUT2D eigenvalue weighted by molar-refractivity contribution is 7.17. The van der Waals surface area contributed by atoms with E-state index >= 15 is 0 Å². The van der Waals surface area contributed by atoms with E-state index in [4.69, 9.17) is 9.72 Å². The molecule has 0 saturated carbocycles. The van der Waals surface area contributed by atoms with Gasteiger partial charge in [0.1, 0.15) is 10.7 Å². The van der Waals surface area contributed by atoms with Crippen LogP contribution in [-0.4, -0.2) is 51.9 Å². The second-order valence-electron chi connectivity index (χ2n) is 7.66. The minimum atomic E-state index is -0.628. The molecule has 7 heteroatoms. The summed E-state index contributed by atoms with van der Waals surface area (Å²) in [4.78, 5) is 23.4. The number of aliphatic hydroxyl groups excluding tert-OH is 1. The number of benzene rings is 1. The molecule has 1 unspecified atom stereocenters. The monoisotopic (exact) mass is 427 g/mol. The van der Waals surface area contributed by atoms with Crippen molar-refractivity contribution >= 4 is 21.6 Å². The molecule has 160 valence electrons. The van der Waals surface area contributed by atoms with E-state index < -0.39 is 6.10 Å². The van der Waals surface area contributed by atoms with E-state index in [1.807, 2.05) is 36.6 Å². The van der Waals surface area contributed by atoms with Gasteiger partial charge in [0.05, 0.1) is 31.2 Å². The van der Waals surface area contributed by atoms with Crippen molar-refractivity contribution in [3.05, 3.63) is 64.0 Å². The molecule has 0 amide bonds. The van der Waals surface area contributed by atoms with Gasteiger partial charge in [0.15, 0.2) is 0 Å². The molecule has 0 spiro atoms. The lowest BCUT2D eigenvalue weighted by molar-refractivity contribution is 0.0172. The number of nitrogens with one attached hydrogen (secondary N) is 1. The number of hydrogen-bond donors (Lipinski definition) is 2. The highest BCUT2D eigenvalue weighted by atomic mass is 32.1. The summed E-state index contributed by atoms with van der Waals surface area (Å²) in [5.41, 5.74) is 2.96. The molecule has 3 aromatic rings. The summed E-state index contributed by atoms with van der Waals surface area (Å²) in [6.45, 7) is 11.3. The fourth-order valence-corrected chi connectivity index (χ4v) is 4.36. The van der Waals surface area contributed by atoms with E-state index in [9.17, 15) is 9.90 Å². The molecule has 0 saturated heterocycles. The smallest absolute Gasteiger partial charge is 0.260 e. The molecule has 3 rings (SSSR count). The van der Waals surface area contributed by atoms with Crippen LogP contribution in [0.1, 0.15) is 25.2 Å². The lowest BCUT2D eigenvalue weighted by atomic mass is 10.0. The number of ether oxygens (including phenoxy) is 1. The van der Waals surface area contributed by atoms with E-state index in [0.717, 1.165) is 21.5 Å². The van der Waals surface area contributed by atoms with Crippen molar-refractivity contribution in [1.82, 2.24) is 14.9 Å². The van der Waals surface area contributed by atoms with E-state index in [1.54, 1.807) is 6.08 Å². The number of aliphatic hydroxyl groups is 1. The van der Waals surface area contributed by atoms with Crippen LogP contribution >= 0.6 is 11.3 Å². The molecule has 1 aromatic carbocycles.